The van der Waals surface area contributed by atoms with Gasteiger partial charge < -0.3 is 14.9 Å². The molecule has 1 heterocycles. The third-order valence-corrected chi connectivity index (χ3v) is 4.30. The number of aliphatic hydroxyl groups is 2. The van der Waals surface area contributed by atoms with E-state index in [9.17, 15) is 14.6 Å². The molecule has 0 amide bonds. The van der Waals surface area contributed by atoms with Gasteiger partial charge in [0.1, 0.15) is 11.9 Å². The van der Waals surface area contributed by atoms with Gasteiger partial charge in [-0.1, -0.05) is 36.4 Å². The van der Waals surface area contributed by atoms with E-state index in [0.29, 0.717) is 11.1 Å². The standard InChI is InChI=1S/C17H15FO3S/c18-16-9-12-14(7-4-8-15(12)22-16)21-17(13(20)10-19)11-5-2-1-3-6-11/h1-9,13,17,19-20H,10H2/t13-,17+/m1/s1. The van der Waals surface area contributed by atoms with Crippen molar-refractivity contribution in [3.63, 3.8) is 0 Å². The molecule has 3 nitrogen and oxygen atoms in total. The Bertz CT molecular complexity index is 757. The van der Waals surface area contributed by atoms with Crippen LogP contribution in [-0.4, -0.2) is 22.9 Å². The third-order valence-electron chi connectivity index (χ3n) is 3.41. The number of hydrogen-bond donors (Lipinski definition) is 2. The lowest BCUT2D eigenvalue weighted by Gasteiger charge is -2.23. The van der Waals surface area contributed by atoms with Crippen molar-refractivity contribution in [3.05, 3.63) is 65.3 Å². The lowest BCUT2D eigenvalue weighted by atomic mass is 10.0. The van der Waals surface area contributed by atoms with Crippen molar-refractivity contribution in [3.8, 4) is 5.75 Å². The summed E-state index contributed by atoms with van der Waals surface area (Å²) in [7, 11) is 0. The number of hydrogen-bond acceptors (Lipinski definition) is 4. The van der Waals surface area contributed by atoms with Gasteiger partial charge in [-0.25, -0.2) is 0 Å². The molecular formula is C17H15FO3S. The molecule has 0 fully saturated rings. The summed E-state index contributed by atoms with van der Waals surface area (Å²) >= 11 is 1.04. The average molecular weight is 318 g/mol. The summed E-state index contributed by atoms with van der Waals surface area (Å²) in [4.78, 5) is 0. The summed E-state index contributed by atoms with van der Waals surface area (Å²) in [5.41, 5.74) is 0.747. The van der Waals surface area contributed by atoms with Crippen molar-refractivity contribution in [1.29, 1.82) is 0 Å². The smallest absolute Gasteiger partial charge is 0.177 e. The average Bonchev–Trinajstić information content (AvgIpc) is 2.93. The van der Waals surface area contributed by atoms with E-state index in [-0.39, 0.29) is 5.13 Å². The fourth-order valence-corrected chi connectivity index (χ4v) is 3.15. The number of thiophene rings is 1. The summed E-state index contributed by atoms with van der Waals surface area (Å²) in [6.07, 6.45) is -1.79. The van der Waals surface area contributed by atoms with Gasteiger partial charge in [0.25, 0.3) is 0 Å². The van der Waals surface area contributed by atoms with Crippen LogP contribution in [0.1, 0.15) is 11.7 Å². The second kappa shape index (κ2) is 6.44. The Hall–Kier alpha value is -1.95. The number of ether oxygens (including phenoxy) is 1. The molecule has 0 radical (unpaired) electrons. The van der Waals surface area contributed by atoms with Crippen LogP contribution in [0.3, 0.4) is 0 Å². The van der Waals surface area contributed by atoms with E-state index in [0.717, 1.165) is 21.6 Å². The highest BCUT2D eigenvalue weighted by Crippen LogP contribution is 2.35. The minimum Gasteiger partial charge on any atom is -0.482 e. The van der Waals surface area contributed by atoms with Gasteiger partial charge in [-0.05, 0) is 23.8 Å². The third kappa shape index (κ3) is 2.97. The van der Waals surface area contributed by atoms with E-state index in [1.165, 1.54) is 6.07 Å². The number of halogens is 1. The van der Waals surface area contributed by atoms with Crippen LogP contribution >= 0.6 is 11.3 Å². The van der Waals surface area contributed by atoms with Crippen LogP contribution in [0.15, 0.2) is 54.6 Å². The molecule has 3 rings (SSSR count). The minimum atomic E-state index is -1.07. The Kier molecular flexibility index (Phi) is 4.38. The highest BCUT2D eigenvalue weighted by molar-refractivity contribution is 7.17. The molecule has 0 spiro atoms. The number of fused-ring (bicyclic) bond motifs is 1. The van der Waals surface area contributed by atoms with Crippen molar-refractivity contribution in [2.24, 2.45) is 0 Å². The fourth-order valence-electron chi connectivity index (χ4n) is 2.35. The van der Waals surface area contributed by atoms with Gasteiger partial charge in [0, 0.05) is 10.1 Å². The molecule has 114 valence electrons. The van der Waals surface area contributed by atoms with Crippen molar-refractivity contribution in [2.45, 2.75) is 12.2 Å². The molecule has 3 aromatic rings. The molecule has 0 bridgehead atoms. The topological polar surface area (TPSA) is 49.7 Å². The minimum absolute atomic E-state index is 0.287. The maximum Gasteiger partial charge on any atom is 0.177 e. The molecular weight excluding hydrogens is 303 g/mol. The van der Waals surface area contributed by atoms with Crippen LogP contribution in [0.4, 0.5) is 4.39 Å². The molecule has 2 atom stereocenters. The zero-order valence-corrected chi connectivity index (χ0v) is 12.5. The first-order valence-electron chi connectivity index (χ1n) is 6.87. The van der Waals surface area contributed by atoms with Gasteiger partial charge in [-0.2, -0.15) is 4.39 Å². The first kappa shape index (κ1) is 15.0. The van der Waals surface area contributed by atoms with Gasteiger partial charge in [-0.15, -0.1) is 11.3 Å². The van der Waals surface area contributed by atoms with E-state index in [2.05, 4.69) is 0 Å². The first-order chi connectivity index (χ1) is 10.7. The molecule has 22 heavy (non-hydrogen) atoms. The molecule has 0 aliphatic carbocycles. The van der Waals surface area contributed by atoms with E-state index in [1.54, 1.807) is 12.1 Å². The molecule has 0 saturated carbocycles. The molecule has 2 aromatic carbocycles. The van der Waals surface area contributed by atoms with E-state index < -0.39 is 18.8 Å². The number of benzene rings is 2. The highest BCUT2D eigenvalue weighted by atomic mass is 32.1. The van der Waals surface area contributed by atoms with Gasteiger partial charge in [0.15, 0.2) is 11.2 Å². The van der Waals surface area contributed by atoms with Crippen molar-refractivity contribution in [2.75, 3.05) is 6.61 Å². The number of aliphatic hydroxyl groups excluding tert-OH is 2. The largest absolute Gasteiger partial charge is 0.482 e. The highest BCUT2D eigenvalue weighted by Gasteiger charge is 2.23. The predicted octanol–water partition coefficient (Wildman–Crippen LogP) is 3.51. The van der Waals surface area contributed by atoms with E-state index in [4.69, 9.17) is 4.74 Å². The Labute approximate surface area is 131 Å². The Morgan fingerprint density at radius 3 is 2.59 bits per heavy atom. The first-order valence-corrected chi connectivity index (χ1v) is 7.69. The number of rotatable bonds is 5. The quantitative estimate of drug-likeness (QED) is 0.757. The molecule has 0 aliphatic rings. The maximum absolute atomic E-state index is 13.5. The van der Waals surface area contributed by atoms with E-state index in [1.807, 2.05) is 36.4 Å². The summed E-state index contributed by atoms with van der Waals surface area (Å²) in [5.74, 6) is 0.485. The predicted molar refractivity (Wildman–Crippen MR) is 84.7 cm³/mol. The van der Waals surface area contributed by atoms with Gasteiger partial charge in [0.2, 0.25) is 0 Å². The molecule has 0 saturated heterocycles. The molecule has 1 aromatic heterocycles. The van der Waals surface area contributed by atoms with Crippen LogP contribution in [0, 0.1) is 5.13 Å². The van der Waals surface area contributed by atoms with Crippen molar-refractivity contribution < 1.29 is 19.3 Å². The molecule has 2 N–H and O–H groups in total. The SMILES string of the molecule is OC[C@@H](O)[C@@H](Oc1cccc2sc(F)cc12)c1ccccc1. The summed E-state index contributed by atoms with van der Waals surface area (Å²) < 4.78 is 20.1. The molecule has 0 unspecified atom stereocenters. The zero-order valence-electron chi connectivity index (χ0n) is 11.6. The van der Waals surface area contributed by atoms with Crippen LogP contribution < -0.4 is 4.74 Å². The summed E-state index contributed by atoms with van der Waals surface area (Å²) in [6, 6.07) is 15.9. The molecule has 0 aliphatic heterocycles. The fraction of sp³-hybridized carbons (Fsp3) is 0.176. The normalized spacial score (nSPS) is 14.0. The van der Waals surface area contributed by atoms with Crippen LogP contribution in [0.2, 0.25) is 0 Å². The summed E-state index contributed by atoms with van der Waals surface area (Å²) in [6.45, 7) is -0.423. The van der Waals surface area contributed by atoms with Gasteiger partial charge in [-0.3, -0.25) is 0 Å². The summed E-state index contributed by atoms with van der Waals surface area (Å²) in [5, 5.41) is 19.7. The monoisotopic (exact) mass is 318 g/mol. The van der Waals surface area contributed by atoms with Crippen molar-refractivity contribution in [1.82, 2.24) is 0 Å². The maximum atomic E-state index is 13.5. The lowest BCUT2D eigenvalue weighted by Crippen LogP contribution is -2.27. The van der Waals surface area contributed by atoms with Crippen LogP contribution in [0.25, 0.3) is 10.1 Å². The van der Waals surface area contributed by atoms with Gasteiger partial charge in [0.05, 0.1) is 6.61 Å². The second-order valence-corrected chi connectivity index (χ2v) is 5.95. The Morgan fingerprint density at radius 2 is 1.86 bits per heavy atom. The lowest BCUT2D eigenvalue weighted by molar-refractivity contribution is -0.00123. The Balaban J connectivity index is 1.99. The van der Waals surface area contributed by atoms with Crippen LogP contribution in [0.5, 0.6) is 5.75 Å². The van der Waals surface area contributed by atoms with Crippen LogP contribution in [-0.2, 0) is 0 Å². The van der Waals surface area contributed by atoms with Gasteiger partial charge >= 0.3 is 0 Å². The molecule has 5 heteroatoms. The Morgan fingerprint density at radius 1 is 1.09 bits per heavy atom. The van der Waals surface area contributed by atoms with E-state index >= 15 is 0 Å². The second-order valence-electron chi connectivity index (χ2n) is 4.92. The van der Waals surface area contributed by atoms with Crippen molar-refractivity contribution >= 4 is 21.4 Å². The zero-order chi connectivity index (χ0) is 15.5.